The Hall–Kier alpha value is -7.68. The van der Waals surface area contributed by atoms with Crippen LogP contribution < -0.4 is 10.4 Å². The van der Waals surface area contributed by atoms with Gasteiger partial charge in [-0.1, -0.05) is 220 Å². The monoisotopic (exact) mass is 768 g/mol. The lowest BCUT2D eigenvalue weighted by Gasteiger charge is -2.27. The van der Waals surface area contributed by atoms with E-state index in [1.807, 2.05) is 60.9 Å². The molecule has 0 N–H and O–H groups in total. The molecule has 9 rings (SSSR count). The summed E-state index contributed by atoms with van der Waals surface area (Å²) in [5.74, 6) is -0.0413. The lowest BCUT2D eigenvalue weighted by molar-refractivity contribution is 0.637. The average Bonchev–Trinajstić information content (AvgIpc) is 3.31. The lowest BCUT2D eigenvalue weighted by atomic mass is 9.77. The Kier molecular flexibility index (Phi) is 10.8. The Morgan fingerprint density at radius 1 is 0.617 bits per heavy atom. The second-order valence-corrected chi connectivity index (χ2v) is 15.0. The van der Waals surface area contributed by atoms with Crippen LogP contribution in [0.15, 0.2) is 248 Å². The Balaban J connectivity index is 1.28. The highest BCUT2D eigenvalue weighted by Crippen LogP contribution is 2.38. The number of aromatic nitrogens is 1. The molecule has 0 fully saturated rings. The van der Waals surface area contributed by atoms with Gasteiger partial charge in [-0.3, -0.25) is 4.99 Å². The molecule has 1 heterocycles. The van der Waals surface area contributed by atoms with Gasteiger partial charge in [0.2, 0.25) is 0 Å². The Morgan fingerprint density at radius 2 is 1.28 bits per heavy atom. The molecule has 0 aliphatic heterocycles. The van der Waals surface area contributed by atoms with Crippen LogP contribution in [0, 0.1) is 11.8 Å². The number of aliphatic imine (C=N–C) groups is 1. The van der Waals surface area contributed by atoms with Crippen LogP contribution >= 0.6 is 0 Å². The van der Waals surface area contributed by atoms with Crippen LogP contribution in [0.25, 0.3) is 54.9 Å². The second-order valence-electron chi connectivity index (χ2n) is 15.0. The zero-order valence-corrected chi connectivity index (χ0v) is 33.5. The van der Waals surface area contributed by atoms with Gasteiger partial charge in [0.25, 0.3) is 0 Å². The fourth-order valence-electron chi connectivity index (χ4n) is 8.63. The van der Waals surface area contributed by atoms with E-state index >= 15 is 0 Å². The second kappa shape index (κ2) is 17.0. The zero-order valence-electron chi connectivity index (χ0n) is 33.5. The van der Waals surface area contributed by atoms with E-state index in [0.29, 0.717) is 0 Å². The van der Waals surface area contributed by atoms with Gasteiger partial charge in [0, 0.05) is 39.6 Å². The smallest absolute Gasteiger partial charge is 0.0794 e. The number of hydrogen-bond donors (Lipinski definition) is 0. The largest absolute Gasteiger partial charge is 0.256 e. The average molecular weight is 769 g/mol. The number of benzene rings is 7. The van der Waals surface area contributed by atoms with Gasteiger partial charge in [0.15, 0.2) is 0 Å². The van der Waals surface area contributed by atoms with Crippen molar-refractivity contribution in [3.8, 4) is 0 Å². The number of allylic oxidation sites excluding steroid dienone is 10. The predicted molar refractivity (Wildman–Crippen MR) is 257 cm³/mol. The third-order valence-electron chi connectivity index (χ3n) is 11.4. The first-order valence-corrected chi connectivity index (χ1v) is 20.4. The van der Waals surface area contributed by atoms with Crippen LogP contribution in [0.4, 0.5) is 0 Å². The molecule has 0 bridgehead atoms. The molecule has 2 nitrogen and oxygen atoms in total. The Bertz CT molecular complexity index is 3250. The van der Waals surface area contributed by atoms with Crippen molar-refractivity contribution in [2.24, 2.45) is 16.8 Å². The minimum Gasteiger partial charge on any atom is -0.256 e. The molecule has 1 aliphatic carbocycles. The summed E-state index contributed by atoms with van der Waals surface area (Å²) in [5, 5.41) is 10.5. The van der Waals surface area contributed by atoms with Crippen LogP contribution in [-0.2, 0) is 0 Å². The molecule has 8 aromatic rings. The summed E-state index contributed by atoms with van der Waals surface area (Å²) in [7, 11) is 0. The predicted octanol–water partition coefficient (Wildman–Crippen LogP) is 12.9. The van der Waals surface area contributed by atoms with Gasteiger partial charge in [-0.05, 0) is 66.6 Å². The summed E-state index contributed by atoms with van der Waals surface area (Å²) in [6, 6.07) is 55.7. The van der Waals surface area contributed by atoms with Gasteiger partial charge in [0.05, 0.1) is 16.9 Å². The number of rotatable bonds is 10. The Labute approximate surface area is 351 Å². The van der Waals surface area contributed by atoms with Crippen LogP contribution in [0.2, 0.25) is 0 Å². The molecule has 0 saturated carbocycles. The van der Waals surface area contributed by atoms with E-state index in [1.165, 1.54) is 21.5 Å². The third-order valence-corrected chi connectivity index (χ3v) is 11.4. The SMILES string of the molecule is C=C/C=C\C1C=C(/C(c2ccccc2)=c2\cccc\c2=C/c2nc3c4ccccc4ccc3c3c2ccc2ccccc23)C=CC1/C(C=C)=C(C=C)\N=C\c1ccccc1. The Morgan fingerprint density at radius 3 is 2.03 bits per heavy atom. The van der Waals surface area contributed by atoms with Crippen molar-refractivity contribution < 1.29 is 0 Å². The molecular weight excluding hydrogens is 725 g/mol. The molecule has 2 unspecified atom stereocenters. The van der Waals surface area contributed by atoms with E-state index in [2.05, 4.69) is 178 Å². The van der Waals surface area contributed by atoms with Gasteiger partial charge in [-0.25, -0.2) is 4.98 Å². The van der Waals surface area contributed by atoms with Gasteiger partial charge < -0.3 is 0 Å². The minimum atomic E-state index is -0.0278. The number of fused-ring (bicyclic) bond motifs is 7. The quantitative estimate of drug-likeness (QED) is 0.0773. The van der Waals surface area contributed by atoms with Crippen molar-refractivity contribution in [2.75, 3.05) is 0 Å². The van der Waals surface area contributed by atoms with Gasteiger partial charge in [-0.2, -0.15) is 0 Å². The molecule has 286 valence electrons. The van der Waals surface area contributed by atoms with Gasteiger partial charge >= 0.3 is 0 Å². The normalized spacial score (nSPS) is 16.7. The lowest BCUT2D eigenvalue weighted by Crippen LogP contribution is -2.28. The van der Waals surface area contributed by atoms with Crippen molar-refractivity contribution in [3.63, 3.8) is 0 Å². The highest BCUT2D eigenvalue weighted by Gasteiger charge is 2.25. The van der Waals surface area contributed by atoms with Crippen LogP contribution in [-0.4, -0.2) is 11.2 Å². The number of hydrogen-bond acceptors (Lipinski definition) is 2. The standard InChI is InChI=1S/C58H44N2/c1-4-7-22-44-37-46(33-34-48(44)47(5-2)54(6-3)59-39-40-20-10-8-11-21-40)56(43-25-12-9-13-26-43)50-29-18-16-27-45(50)38-55-52-35-31-41-23-14-17-28-49(41)57(52)53-36-32-42-24-15-19-30-51(42)58(53)60-55/h4-39,44,48H,1-3H2/b22-7-,45-38+,54-47-,56-50+,59-39+. The van der Waals surface area contributed by atoms with E-state index in [9.17, 15) is 0 Å². The number of pyridine rings is 1. The van der Waals surface area contributed by atoms with Gasteiger partial charge in [0.1, 0.15) is 0 Å². The van der Waals surface area contributed by atoms with Crippen LogP contribution in [0.3, 0.4) is 0 Å². The highest BCUT2D eigenvalue weighted by atomic mass is 14.7. The summed E-state index contributed by atoms with van der Waals surface area (Å²) in [6.07, 6.45) is 20.9. The molecular formula is C58H44N2. The van der Waals surface area contributed by atoms with Crippen molar-refractivity contribution in [2.45, 2.75) is 0 Å². The zero-order chi connectivity index (χ0) is 40.8. The summed E-state index contributed by atoms with van der Waals surface area (Å²) >= 11 is 0. The minimum absolute atomic E-state index is 0.0135. The maximum atomic E-state index is 5.52. The molecule has 2 atom stereocenters. The van der Waals surface area contributed by atoms with Crippen molar-refractivity contribution in [3.05, 3.63) is 270 Å². The summed E-state index contributed by atoms with van der Waals surface area (Å²) in [6.45, 7) is 12.4. The fraction of sp³-hybridized carbons (Fsp3) is 0.0345. The molecule has 1 aliphatic rings. The molecule has 0 spiro atoms. The summed E-state index contributed by atoms with van der Waals surface area (Å²) < 4.78 is 0. The summed E-state index contributed by atoms with van der Waals surface area (Å²) in [4.78, 5) is 10.4. The van der Waals surface area contributed by atoms with Crippen molar-refractivity contribution in [1.82, 2.24) is 4.98 Å². The highest BCUT2D eigenvalue weighted by molar-refractivity contribution is 6.24. The van der Waals surface area contributed by atoms with E-state index in [1.54, 1.807) is 0 Å². The van der Waals surface area contributed by atoms with Crippen LogP contribution in [0.1, 0.15) is 16.8 Å². The molecule has 2 heteroatoms. The maximum absolute atomic E-state index is 5.52. The van der Waals surface area contributed by atoms with Crippen LogP contribution in [0.5, 0.6) is 0 Å². The first kappa shape index (κ1) is 37.9. The van der Waals surface area contributed by atoms with E-state index in [0.717, 1.165) is 71.3 Å². The fourth-order valence-corrected chi connectivity index (χ4v) is 8.63. The molecule has 0 amide bonds. The first-order valence-electron chi connectivity index (χ1n) is 20.4. The van der Waals surface area contributed by atoms with Gasteiger partial charge in [-0.15, -0.1) is 0 Å². The van der Waals surface area contributed by atoms with E-state index < -0.39 is 0 Å². The van der Waals surface area contributed by atoms with Crippen molar-refractivity contribution >= 4 is 61.1 Å². The van der Waals surface area contributed by atoms with E-state index in [-0.39, 0.29) is 11.8 Å². The summed E-state index contributed by atoms with van der Waals surface area (Å²) in [5.41, 5.74) is 8.17. The molecule has 0 radical (unpaired) electrons. The third kappa shape index (κ3) is 7.32. The van der Waals surface area contributed by atoms with Crippen molar-refractivity contribution in [1.29, 1.82) is 0 Å². The molecule has 1 aromatic heterocycles. The molecule has 60 heavy (non-hydrogen) atoms. The number of nitrogens with zero attached hydrogens (tertiary/aromatic N) is 2. The molecule has 0 saturated heterocycles. The maximum Gasteiger partial charge on any atom is 0.0794 e. The topological polar surface area (TPSA) is 25.2 Å². The molecule has 7 aromatic carbocycles. The van der Waals surface area contributed by atoms with E-state index in [4.69, 9.17) is 9.98 Å². The first-order chi connectivity index (χ1) is 29.6.